The largest absolute Gasteiger partial charge is 0.382 e. The van der Waals surface area contributed by atoms with Crippen molar-refractivity contribution in [3.8, 4) is 0 Å². The summed E-state index contributed by atoms with van der Waals surface area (Å²) in [7, 11) is 2.13. The quantitative estimate of drug-likeness (QED) is 0.709. The van der Waals surface area contributed by atoms with Crippen LogP contribution in [0.4, 0.5) is 11.6 Å². The van der Waals surface area contributed by atoms with Crippen LogP contribution in [0.15, 0.2) is 12.4 Å². The van der Waals surface area contributed by atoms with Gasteiger partial charge in [0.1, 0.15) is 11.6 Å². The van der Waals surface area contributed by atoms with Gasteiger partial charge in [-0.05, 0) is 33.9 Å². The smallest absolute Gasteiger partial charge is 0.146 e. The van der Waals surface area contributed by atoms with Crippen molar-refractivity contribution in [2.45, 2.75) is 26.3 Å². The molecule has 0 aliphatic heterocycles. The lowest BCUT2D eigenvalue weighted by Gasteiger charge is -2.20. The highest BCUT2D eigenvalue weighted by molar-refractivity contribution is 5.38. The number of anilines is 2. The van der Waals surface area contributed by atoms with Gasteiger partial charge in [0.2, 0.25) is 0 Å². The van der Waals surface area contributed by atoms with Crippen LogP contribution in [0.1, 0.15) is 20.3 Å². The second-order valence-electron chi connectivity index (χ2n) is 4.18. The zero-order valence-corrected chi connectivity index (χ0v) is 10.3. The van der Waals surface area contributed by atoms with Gasteiger partial charge in [-0.15, -0.1) is 0 Å². The first kappa shape index (κ1) is 12.7. The number of nitrogen functional groups attached to an aromatic ring is 1. The molecule has 90 valence electrons. The third-order valence-corrected chi connectivity index (χ3v) is 2.53. The van der Waals surface area contributed by atoms with Crippen LogP contribution in [0.5, 0.6) is 0 Å². The van der Waals surface area contributed by atoms with Crippen LogP contribution in [0.3, 0.4) is 0 Å². The van der Waals surface area contributed by atoms with Gasteiger partial charge >= 0.3 is 0 Å². The van der Waals surface area contributed by atoms with Crippen molar-refractivity contribution in [3.63, 3.8) is 0 Å². The molecule has 0 radical (unpaired) electrons. The maximum Gasteiger partial charge on any atom is 0.146 e. The van der Waals surface area contributed by atoms with Crippen molar-refractivity contribution in [2.75, 3.05) is 31.2 Å². The van der Waals surface area contributed by atoms with Crippen molar-refractivity contribution in [1.82, 2.24) is 14.9 Å². The summed E-state index contributed by atoms with van der Waals surface area (Å²) in [4.78, 5) is 10.4. The van der Waals surface area contributed by atoms with Crippen LogP contribution < -0.4 is 11.1 Å². The summed E-state index contributed by atoms with van der Waals surface area (Å²) in [6, 6.07) is 0.590. The van der Waals surface area contributed by atoms with Crippen LogP contribution in [-0.4, -0.2) is 41.0 Å². The fourth-order valence-electron chi connectivity index (χ4n) is 1.27. The maximum atomic E-state index is 5.53. The van der Waals surface area contributed by atoms with Gasteiger partial charge in [0.25, 0.3) is 0 Å². The Morgan fingerprint density at radius 2 is 2.19 bits per heavy atom. The number of hydrogen-bond acceptors (Lipinski definition) is 5. The average Bonchev–Trinajstić information content (AvgIpc) is 2.24. The Hall–Kier alpha value is -1.36. The normalized spacial score (nSPS) is 11.1. The molecule has 1 rings (SSSR count). The number of nitrogens with zero attached hydrogens (tertiary/aromatic N) is 3. The lowest BCUT2D eigenvalue weighted by Crippen LogP contribution is -2.28. The van der Waals surface area contributed by atoms with E-state index in [2.05, 4.69) is 41.1 Å². The Bertz CT molecular complexity index is 313. The summed E-state index contributed by atoms with van der Waals surface area (Å²) in [5.41, 5.74) is 5.53. The first-order valence-electron chi connectivity index (χ1n) is 5.61. The predicted octanol–water partition coefficient (Wildman–Crippen LogP) is 1.20. The monoisotopic (exact) mass is 223 g/mol. The summed E-state index contributed by atoms with van der Waals surface area (Å²) in [5.74, 6) is 1.19. The van der Waals surface area contributed by atoms with Gasteiger partial charge < -0.3 is 16.0 Å². The first-order valence-corrected chi connectivity index (χ1v) is 5.61. The molecule has 0 spiro atoms. The minimum atomic E-state index is 0.448. The number of nitrogens with one attached hydrogen (secondary N) is 1. The second-order valence-corrected chi connectivity index (χ2v) is 4.18. The molecule has 0 saturated carbocycles. The molecule has 0 saturated heterocycles. The molecule has 0 bridgehead atoms. The summed E-state index contributed by atoms with van der Waals surface area (Å²) < 4.78 is 0. The molecule has 1 aromatic heterocycles. The van der Waals surface area contributed by atoms with E-state index in [0.717, 1.165) is 25.3 Å². The van der Waals surface area contributed by atoms with E-state index in [9.17, 15) is 0 Å². The third-order valence-electron chi connectivity index (χ3n) is 2.53. The molecule has 0 aliphatic rings. The van der Waals surface area contributed by atoms with Crippen molar-refractivity contribution < 1.29 is 0 Å². The Kier molecular flexibility index (Phi) is 4.98. The van der Waals surface area contributed by atoms with Crippen molar-refractivity contribution in [1.29, 1.82) is 0 Å². The molecule has 3 N–H and O–H groups in total. The van der Waals surface area contributed by atoms with Gasteiger partial charge in [0, 0.05) is 12.6 Å². The van der Waals surface area contributed by atoms with Gasteiger partial charge in [-0.1, -0.05) is 0 Å². The first-order chi connectivity index (χ1) is 7.59. The lowest BCUT2D eigenvalue weighted by molar-refractivity contribution is 0.273. The molecular weight excluding hydrogens is 202 g/mol. The number of aromatic nitrogens is 2. The molecule has 1 aromatic rings. The van der Waals surface area contributed by atoms with E-state index in [1.165, 1.54) is 6.20 Å². The molecule has 0 fully saturated rings. The zero-order valence-electron chi connectivity index (χ0n) is 10.3. The molecule has 0 aliphatic carbocycles. The summed E-state index contributed by atoms with van der Waals surface area (Å²) in [6.45, 7) is 6.34. The van der Waals surface area contributed by atoms with Crippen LogP contribution in [0, 0.1) is 0 Å². The van der Waals surface area contributed by atoms with E-state index < -0.39 is 0 Å². The van der Waals surface area contributed by atoms with Crippen molar-refractivity contribution in [2.24, 2.45) is 0 Å². The van der Waals surface area contributed by atoms with Crippen LogP contribution >= 0.6 is 0 Å². The van der Waals surface area contributed by atoms with E-state index >= 15 is 0 Å². The van der Waals surface area contributed by atoms with Gasteiger partial charge in [0.15, 0.2) is 0 Å². The van der Waals surface area contributed by atoms with Gasteiger partial charge in [-0.25, -0.2) is 4.98 Å². The molecule has 0 unspecified atom stereocenters. The summed E-state index contributed by atoms with van der Waals surface area (Å²) in [5, 5.41) is 3.20. The standard InChI is InChI=1S/C11H21N5/c1-9(2)16(3)6-4-5-14-11-8-13-7-10(12)15-11/h7-9H,4-6H2,1-3H3,(H3,12,14,15). The fourth-order valence-corrected chi connectivity index (χ4v) is 1.27. The topological polar surface area (TPSA) is 67.1 Å². The second kappa shape index (κ2) is 6.27. The number of hydrogen-bond donors (Lipinski definition) is 2. The number of nitrogens with two attached hydrogens (primary N) is 1. The minimum Gasteiger partial charge on any atom is -0.382 e. The van der Waals surface area contributed by atoms with E-state index in [4.69, 9.17) is 5.73 Å². The molecule has 16 heavy (non-hydrogen) atoms. The third kappa shape index (κ3) is 4.44. The van der Waals surface area contributed by atoms with Crippen molar-refractivity contribution >= 4 is 11.6 Å². The van der Waals surface area contributed by atoms with E-state index in [0.29, 0.717) is 11.9 Å². The van der Waals surface area contributed by atoms with Gasteiger partial charge in [-0.2, -0.15) is 0 Å². The van der Waals surface area contributed by atoms with Crippen LogP contribution in [0.25, 0.3) is 0 Å². The molecule has 0 aromatic carbocycles. The maximum absolute atomic E-state index is 5.53. The summed E-state index contributed by atoms with van der Waals surface area (Å²) >= 11 is 0. The highest BCUT2D eigenvalue weighted by Crippen LogP contribution is 2.03. The minimum absolute atomic E-state index is 0.448. The highest BCUT2D eigenvalue weighted by Gasteiger charge is 2.02. The van der Waals surface area contributed by atoms with E-state index in [1.54, 1.807) is 6.20 Å². The van der Waals surface area contributed by atoms with Crippen LogP contribution in [-0.2, 0) is 0 Å². The molecule has 0 amide bonds. The van der Waals surface area contributed by atoms with Crippen LogP contribution in [0.2, 0.25) is 0 Å². The highest BCUT2D eigenvalue weighted by atomic mass is 15.1. The molecule has 5 heteroatoms. The molecular formula is C11H21N5. The molecule has 0 atom stereocenters. The van der Waals surface area contributed by atoms with E-state index in [1.807, 2.05) is 0 Å². The van der Waals surface area contributed by atoms with E-state index in [-0.39, 0.29) is 0 Å². The fraction of sp³-hybridized carbons (Fsp3) is 0.636. The molecule has 5 nitrogen and oxygen atoms in total. The van der Waals surface area contributed by atoms with Crippen molar-refractivity contribution in [3.05, 3.63) is 12.4 Å². The average molecular weight is 223 g/mol. The van der Waals surface area contributed by atoms with Gasteiger partial charge in [-0.3, -0.25) is 4.98 Å². The SMILES string of the molecule is CC(C)N(C)CCCNc1cncc(N)n1. The number of rotatable bonds is 6. The summed E-state index contributed by atoms with van der Waals surface area (Å²) in [6.07, 6.45) is 4.30. The Balaban J connectivity index is 2.21. The van der Waals surface area contributed by atoms with Gasteiger partial charge in [0.05, 0.1) is 12.4 Å². The Labute approximate surface area is 97.1 Å². The Morgan fingerprint density at radius 3 is 2.81 bits per heavy atom. The predicted molar refractivity (Wildman–Crippen MR) is 67.3 cm³/mol. The Morgan fingerprint density at radius 1 is 1.44 bits per heavy atom. The molecule has 1 heterocycles. The zero-order chi connectivity index (χ0) is 12.0. The lowest BCUT2D eigenvalue weighted by atomic mass is 10.3.